The minimum Gasteiger partial charge on any atom is -0.394 e. The van der Waals surface area contributed by atoms with Crippen molar-refractivity contribution in [1.29, 1.82) is 0 Å². The second-order valence-corrected chi connectivity index (χ2v) is 9.23. The summed E-state index contributed by atoms with van der Waals surface area (Å²) in [4.78, 5) is 40.4. The Balaban J connectivity index is 1.95. The average molecular weight is 460 g/mol. The molecule has 3 aliphatic heterocycles. The van der Waals surface area contributed by atoms with Crippen molar-refractivity contribution in [2.45, 2.75) is 68.1 Å². The van der Waals surface area contributed by atoms with Gasteiger partial charge in [-0.1, -0.05) is 35.7 Å². The van der Waals surface area contributed by atoms with E-state index in [-0.39, 0.29) is 29.2 Å². The summed E-state index contributed by atoms with van der Waals surface area (Å²) in [5.74, 6) is -2.18. The standard InChI is InChI=1S/C19H30BrN3O5/c1-4-5-6-7-22-17(26)15-19-8-11(20)14(28-19)12(16(25)21-3)13(19)18(27)23(15)10(2)9-24/h10-15,24H,4-9H2,1-3H3,(H,21,25)(H,22,26)/t10-,11?,12-,13+,14-,15?,19?/m1/s1. The van der Waals surface area contributed by atoms with Crippen molar-refractivity contribution in [3.05, 3.63) is 0 Å². The molecule has 3 saturated heterocycles. The summed E-state index contributed by atoms with van der Waals surface area (Å²) in [7, 11) is 1.54. The van der Waals surface area contributed by atoms with Gasteiger partial charge in [0, 0.05) is 18.4 Å². The number of aliphatic hydroxyl groups is 1. The van der Waals surface area contributed by atoms with Crippen molar-refractivity contribution in [3.8, 4) is 0 Å². The molecular formula is C19H30BrN3O5. The highest BCUT2D eigenvalue weighted by molar-refractivity contribution is 9.09. The first kappa shape index (κ1) is 21.5. The Labute approximate surface area is 173 Å². The molecule has 3 unspecified atom stereocenters. The number of hydrogen-bond donors (Lipinski definition) is 3. The number of rotatable bonds is 8. The van der Waals surface area contributed by atoms with E-state index in [2.05, 4.69) is 33.5 Å². The van der Waals surface area contributed by atoms with Crippen LogP contribution in [0.15, 0.2) is 0 Å². The lowest BCUT2D eigenvalue weighted by Gasteiger charge is -2.35. The van der Waals surface area contributed by atoms with E-state index in [0.717, 1.165) is 19.3 Å². The Morgan fingerprint density at radius 2 is 2.11 bits per heavy atom. The highest BCUT2D eigenvalue weighted by Gasteiger charge is 2.76. The molecule has 0 aromatic heterocycles. The second-order valence-electron chi connectivity index (χ2n) is 8.05. The maximum Gasteiger partial charge on any atom is 0.245 e. The number of likely N-dealkylation sites (tertiary alicyclic amines) is 1. The van der Waals surface area contributed by atoms with Gasteiger partial charge in [0.1, 0.15) is 11.6 Å². The number of halogens is 1. The average Bonchev–Trinajstić information content (AvgIpc) is 3.27. The number of hydrogen-bond acceptors (Lipinski definition) is 5. The minimum absolute atomic E-state index is 0.112. The number of carbonyl (C=O) groups is 3. The third kappa shape index (κ3) is 3.15. The minimum atomic E-state index is -1.05. The fraction of sp³-hybridized carbons (Fsp3) is 0.842. The van der Waals surface area contributed by atoms with Crippen LogP contribution in [-0.2, 0) is 19.1 Å². The number of unbranched alkanes of at least 4 members (excludes halogenated alkanes) is 2. The summed E-state index contributed by atoms with van der Waals surface area (Å²) < 4.78 is 6.28. The van der Waals surface area contributed by atoms with E-state index in [1.54, 1.807) is 6.92 Å². The molecule has 0 aromatic carbocycles. The molecule has 7 atom stereocenters. The van der Waals surface area contributed by atoms with Crippen LogP contribution in [0.2, 0.25) is 0 Å². The predicted octanol–water partition coefficient (Wildman–Crippen LogP) is 0.168. The number of ether oxygens (including phenoxy) is 1. The molecule has 158 valence electrons. The van der Waals surface area contributed by atoms with Crippen LogP contribution in [0.3, 0.4) is 0 Å². The number of fused-ring (bicyclic) bond motifs is 1. The van der Waals surface area contributed by atoms with E-state index in [0.29, 0.717) is 13.0 Å². The predicted molar refractivity (Wildman–Crippen MR) is 106 cm³/mol. The number of amides is 3. The fourth-order valence-corrected chi connectivity index (χ4v) is 6.02. The summed E-state index contributed by atoms with van der Waals surface area (Å²) in [6, 6.07) is -1.39. The summed E-state index contributed by atoms with van der Waals surface area (Å²) in [5.41, 5.74) is -1.05. The largest absolute Gasteiger partial charge is 0.394 e. The molecule has 3 fully saturated rings. The van der Waals surface area contributed by atoms with Gasteiger partial charge >= 0.3 is 0 Å². The van der Waals surface area contributed by atoms with Gasteiger partial charge in [0.2, 0.25) is 17.7 Å². The maximum absolute atomic E-state index is 13.4. The Morgan fingerprint density at radius 3 is 2.71 bits per heavy atom. The van der Waals surface area contributed by atoms with Crippen LogP contribution >= 0.6 is 15.9 Å². The first-order valence-electron chi connectivity index (χ1n) is 10.1. The van der Waals surface area contributed by atoms with Gasteiger partial charge in [-0.3, -0.25) is 14.4 Å². The van der Waals surface area contributed by atoms with E-state index in [9.17, 15) is 19.5 Å². The van der Waals surface area contributed by atoms with E-state index in [4.69, 9.17) is 4.74 Å². The van der Waals surface area contributed by atoms with Crippen molar-refractivity contribution in [2.75, 3.05) is 20.2 Å². The summed E-state index contributed by atoms with van der Waals surface area (Å²) in [6.07, 6.45) is 2.94. The Hall–Kier alpha value is -1.19. The molecule has 3 amide bonds. The fourth-order valence-electron chi connectivity index (χ4n) is 5.08. The van der Waals surface area contributed by atoms with E-state index in [1.807, 2.05) is 0 Å². The molecular weight excluding hydrogens is 430 g/mol. The zero-order valence-corrected chi connectivity index (χ0v) is 18.2. The molecule has 3 N–H and O–H groups in total. The molecule has 8 nitrogen and oxygen atoms in total. The van der Waals surface area contributed by atoms with Crippen molar-refractivity contribution >= 4 is 33.7 Å². The molecule has 1 spiro atoms. The molecule has 0 aliphatic carbocycles. The Kier molecular flexibility index (Phi) is 6.36. The normalized spacial score (nSPS) is 37.1. The van der Waals surface area contributed by atoms with Crippen molar-refractivity contribution in [3.63, 3.8) is 0 Å². The molecule has 0 radical (unpaired) electrons. The van der Waals surface area contributed by atoms with Crippen LogP contribution in [0.25, 0.3) is 0 Å². The van der Waals surface area contributed by atoms with Gasteiger partial charge in [-0.2, -0.15) is 0 Å². The van der Waals surface area contributed by atoms with E-state index in [1.165, 1.54) is 11.9 Å². The highest BCUT2D eigenvalue weighted by Crippen LogP contribution is 2.60. The molecule has 3 aliphatic rings. The topological polar surface area (TPSA) is 108 Å². The van der Waals surface area contributed by atoms with Gasteiger partial charge in [-0.05, 0) is 19.8 Å². The van der Waals surface area contributed by atoms with Gasteiger partial charge in [0.05, 0.1) is 30.6 Å². The lowest BCUT2D eigenvalue weighted by atomic mass is 9.70. The number of carbonyl (C=O) groups excluding carboxylic acids is 3. The van der Waals surface area contributed by atoms with E-state index >= 15 is 0 Å². The Morgan fingerprint density at radius 1 is 1.39 bits per heavy atom. The molecule has 3 heterocycles. The zero-order valence-electron chi connectivity index (χ0n) is 16.6. The quantitative estimate of drug-likeness (QED) is 0.354. The monoisotopic (exact) mass is 459 g/mol. The SMILES string of the molecule is CCCCCNC(=O)C1N([C@H](C)CO)C(=O)[C@@H]2[C@@H](C(=O)NC)[C@@H]3OC12CC3Br. The number of nitrogens with one attached hydrogen (secondary N) is 2. The van der Waals surface area contributed by atoms with Crippen molar-refractivity contribution in [1.82, 2.24) is 15.5 Å². The number of nitrogens with zero attached hydrogens (tertiary/aromatic N) is 1. The van der Waals surface area contributed by atoms with Crippen molar-refractivity contribution < 1.29 is 24.2 Å². The van der Waals surface area contributed by atoms with Crippen LogP contribution in [-0.4, -0.2) is 76.5 Å². The highest BCUT2D eigenvalue weighted by atomic mass is 79.9. The molecule has 9 heteroatoms. The number of aliphatic hydroxyl groups excluding tert-OH is 1. The van der Waals surface area contributed by atoms with Gasteiger partial charge in [0.15, 0.2) is 0 Å². The summed E-state index contributed by atoms with van der Waals surface area (Å²) in [6.45, 7) is 4.06. The molecule has 2 bridgehead atoms. The van der Waals surface area contributed by atoms with Crippen LogP contribution < -0.4 is 10.6 Å². The van der Waals surface area contributed by atoms with Crippen LogP contribution in [0.4, 0.5) is 0 Å². The molecule has 0 saturated carbocycles. The van der Waals surface area contributed by atoms with Crippen LogP contribution in [0, 0.1) is 11.8 Å². The Bertz CT molecular complexity index is 647. The second kappa shape index (κ2) is 8.28. The smallest absolute Gasteiger partial charge is 0.245 e. The third-order valence-electron chi connectivity index (χ3n) is 6.34. The molecule has 28 heavy (non-hydrogen) atoms. The van der Waals surface area contributed by atoms with Crippen LogP contribution in [0.5, 0.6) is 0 Å². The molecule has 3 rings (SSSR count). The van der Waals surface area contributed by atoms with Crippen molar-refractivity contribution in [2.24, 2.45) is 11.8 Å². The first-order valence-corrected chi connectivity index (χ1v) is 11.0. The van der Waals surface area contributed by atoms with Gasteiger partial charge < -0.3 is 25.4 Å². The maximum atomic E-state index is 13.4. The van der Waals surface area contributed by atoms with Gasteiger partial charge in [-0.15, -0.1) is 0 Å². The third-order valence-corrected chi connectivity index (χ3v) is 7.19. The van der Waals surface area contributed by atoms with Gasteiger partial charge in [-0.25, -0.2) is 0 Å². The van der Waals surface area contributed by atoms with Crippen LogP contribution in [0.1, 0.15) is 39.5 Å². The van der Waals surface area contributed by atoms with E-state index < -0.39 is 35.6 Å². The zero-order chi connectivity index (χ0) is 20.6. The van der Waals surface area contributed by atoms with Gasteiger partial charge in [0.25, 0.3) is 0 Å². The lowest BCUT2D eigenvalue weighted by molar-refractivity contribution is -0.145. The summed E-state index contributed by atoms with van der Waals surface area (Å²) >= 11 is 3.59. The number of alkyl halides is 1. The summed E-state index contributed by atoms with van der Waals surface area (Å²) in [5, 5.41) is 15.3. The first-order chi connectivity index (χ1) is 13.3. The lowest BCUT2D eigenvalue weighted by Crippen LogP contribution is -2.57. The molecule has 0 aromatic rings.